The molecule has 1 aromatic heterocycles. The second kappa shape index (κ2) is 5.74. The summed E-state index contributed by atoms with van der Waals surface area (Å²) in [6.45, 7) is 6.86. The molecule has 0 fully saturated rings. The largest absolute Gasteiger partial charge is 0.378 e. The molecule has 1 atom stereocenters. The smallest absolute Gasteiger partial charge is 0.137 e. The topological polar surface area (TPSA) is 29.9 Å². The van der Waals surface area contributed by atoms with Gasteiger partial charge in [-0.25, -0.2) is 4.39 Å². The van der Waals surface area contributed by atoms with Crippen LogP contribution in [0.5, 0.6) is 0 Å². The molecule has 0 bridgehead atoms. The Balaban J connectivity index is 2.18. The van der Waals surface area contributed by atoms with E-state index < -0.39 is 0 Å². The number of hydrogen-bond donors (Lipinski definition) is 1. The zero-order valence-electron chi connectivity index (χ0n) is 11.2. The molecule has 1 aromatic carbocycles. The number of hydrogen-bond acceptors (Lipinski definition) is 2. The molecule has 1 unspecified atom stereocenters. The fraction of sp³-hybridized carbons (Fsp3) is 0.357. The molecule has 3 nitrogen and oxygen atoms in total. The third-order valence-electron chi connectivity index (χ3n) is 3.12. The monoisotopic (exact) mass is 325 g/mol. The summed E-state index contributed by atoms with van der Waals surface area (Å²) in [6, 6.07) is 3.41. The summed E-state index contributed by atoms with van der Waals surface area (Å²) in [5.74, 6) is -0.241. The Hall–Kier alpha value is -1.36. The van der Waals surface area contributed by atoms with Crippen molar-refractivity contribution in [2.75, 3.05) is 5.32 Å². The molecule has 5 heteroatoms. The van der Waals surface area contributed by atoms with Gasteiger partial charge in [-0.05, 0) is 54.4 Å². The lowest BCUT2D eigenvalue weighted by Crippen LogP contribution is -2.07. The van der Waals surface area contributed by atoms with E-state index in [4.69, 9.17) is 0 Å². The molecular weight excluding hydrogens is 309 g/mol. The van der Waals surface area contributed by atoms with Gasteiger partial charge in [0.1, 0.15) is 5.82 Å². The van der Waals surface area contributed by atoms with Crippen LogP contribution in [0.3, 0.4) is 0 Å². The molecule has 2 aromatic rings. The second-order valence-electron chi connectivity index (χ2n) is 4.58. The summed E-state index contributed by atoms with van der Waals surface area (Å²) in [6.07, 6.45) is 3.88. The maximum Gasteiger partial charge on any atom is 0.137 e. The normalized spacial score (nSPS) is 12.5. The summed E-state index contributed by atoms with van der Waals surface area (Å²) in [5, 5.41) is 7.64. The van der Waals surface area contributed by atoms with Gasteiger partial charge in [0.2, 0.25) is 0 Å². The van der Waals surface area contributed by atoms with Gasteiger partial charge < -0.3 is 5.32 Å². The number of nitrogens with zero attached hydrogens (tertiary/aromatic N) is 2. The van der Waals surface area contributed by atoms with Gasteiger partial charge in [-0.3, -0.25) is 4.68 Å². The number of rotatable bonds is 4. The first-order chi connectivity index (χ1) is 9.01. The Kier molecular flexibility index (Phi) is 4.24. The van der Waals surface area contributed by atoms with Crippen molar-refractivity contribution >= 4 is 21.6 Å². The molecule has 2 rings (SSSR count). The number of aromatic nitrogens is 2. The Morgan fingerprint density at radius 3 is 2.84 bits per heavy atom. The maximum atomic E-state index is 13.4. The molecule has 1 N–H and O–H groups in total. The Labute approximate surface area is 121 Å². The summed E-state index contributed by atoms with van der Waals surface area (Å²) in [7, 11) is 0. The zero-order chi connectivity index (χ0) is 14.0. The van der Waals surface area contributed by atoms with Crippen molar-refractivity contribution in [2.45, 2.75) is 33.4 Å². The van der Waals surface area contributed by atoms with E-state index in [1.54, 1.807) is 6.07 Å². The molecule has 19 heavy (non-hydrogen) atoms. The molecule has 102 valence electrons. The van der Waals surface area contributed by atoms with E-state index in [0.29, 0.717) is 4.47 Å². The SMILES string of the molecule is CCn1cc(C(C)Nc2cc(Br)c(F)cc2C)cn1. The highest BCUT2D eigenvalue weighted by atomic mass is 79.9. The van der Waals surface area contributed by atoms with Crippen LogP contribution in [-0.4, -0.2) is 9.78 Å². The highest BCUT2D eigenvalue weighted by Gasteiger charge is 2.11. The maximum absolute atomic E-state index is 13.4. The van der Waals surface area contributed by atoms with Crippen LogP contribution in [0.2, 0.25) is 0 Å². The number of halogens is 2. The van der Waals surface area contributed by atoms with Crippen LogP contribution in [0.25, 0.3) is 0 Å². The van der Waals surface area contributed by atoms with Crippen LogP contribution < -0.4 is 5.32 Å². The molecule has 0 aliphatic carbocycles. The van der Waals surface area contributed by atoms with E-state index >= 15 is 0 Å². The number of aryl methyl sites for hydroxylation is 2. The molecule has 0 saturated heterocycles. The lowest BCUT2D eigenvalue weighted by molar-refractivity contribution is 0.620. The van der Waals surface area contributed by atoms with Gasteiger partial charge in [-0.2, -0.15) is 5.10 Å². The van der Waals surface area contributed by atoms with E-state index in [-0.39, 0.29) is 11.9 Å². The molecule has 0 amide bonds. The minimum absolute atomic E-state index is 0.122. The Morgan fingerprint density at radius 2 is 2.21 bits per heavy atom. The van der Waals surface area contributed by atoms with Crippen molar-refractivity contribution in [1.29, 1.82) is 0 Å². The fourth-order valence-electron chi connectivity index (χ4n) is 1.89. The third-order valence-corrected chi connectivity index (χ3v) is 3.72. The van der Waals surface area contributed by atoms with Crippen LogP contribution in [0.15, 0.2) is 29.0 Å². The zero-order valence-corrected chi connectivity index (χ0v) is 12.8. The van der Waals surface area contributed by atoms with Crippen molar-refractivity contribution in [3.63, 3.8) is 0 Å². The standard InChI is InChI=1S/C14H17BrFN3/c1-4-19-8-11(7-17-19)10(3)18-14-6-12(15)13(16)5-9(14)2/h5-8,10,18H,4H2,1-3H3. The quantitative estimate of drug-likeness (QED) is 0.908. The minimum atomic E-state index is -0.241. The van der Waals surface area contributed by atoms with E-state index in [2.05, 4.69) is 40.2 Å². The van der Waals surface area contributed by atoms with E-state index in [9.17, 15) is 4.39 Å². The third kappa shape index (κ3) is 3.15. The molecule has 0 aliphatic rings. The van der Waals surface area contributed by atoms with Gasteiger partial charge in [-0.15, -0.1) is 0 Å². The summed E-state index contributed by atoms with van der Waals surface area (Å²) >= 11 is 3.21. The average molecular weight is 326 g/mol. The van der Waals surface area contributed by atoms with Crippen LogP contribution in [-0.2, 0) is 6.54 Å². The van der Waals surface area contributed by atoms with Crippen molar-refractivity contribution in [2.24, 2.45) is 0 Å². The lowest BCUT2D eigenvalue weighted by atomic mass is 10.1. The van der Waals surface area contributed by atoms with Crippen LogP contribution >= 0.6 is 15.9 Å². The minimum Gasteiger partial charge on any atom is -0.378 e. The van der Waals surface area contributed by atoms with Gasteiger partial charge in [0.25, 0.3) is 0 Å². The number of nitrogens with one attached hydrogen (secondary N) is 1. The highest BCUT2D eigenvalue weighted by Crippen LogP contribution is 2.27. The summed E-state index contributed by atoms with van der Waals surface area (Å²) in [4.78, 5) is 0. The highest BCUT2D eigenvalue weighted by molar-refractivity contribution is 9.10. The van der Waals surface area contributed by atoms with Gasteiger partial charge in [0, 0.05) is 24.0 Å². The predicted molar refractivity (Wildman–Crippen MR) is 78.8 cm³/mol. The molecule has 0 saturated carbocycles. The van der Waals surface area contributed by atoms with Gasteiger partial charge >= 0.3 is 0 Å². The van der Waals surface area contributed by atoms with E-state index in [1.807, 2.05) is 24.0 Å². The first-order valence-corrected chi connectivity index (χ1v) is 7.05. The Morgan fingerprint density at radius 1 is 1.47 bits per heavy atom. The van der Waals surface area contributed by atoms with Crippen molar-refractivity contribution in [3.05, 3.63) is 45.9 Å². The van der Waals surface area contributed by atoms with Gasteiger partial charge in [-0.1, -0.05) is 0 Å². The predicted octanol–water partition coefficient (Wildman–Crippen LogP) is 4.29. The van der Waals surface area contributed by atoms with E-state index in [0.717, 1.165) is 23.4 Å². The van der Waals surface area contributed by atoms with Crippen LogP contribution in [0.4, 0.5) is 10.1 Å². The number of benzene rings is 1. The van der Waals surface area contributed by atoms with Crippen LogP contribution in [0, 0.1) is 12.7 Å². The fourth-order valence-corrected chi connectivity index (χ4v) is 2.24. The molecule has 0 spiro atoms. The van der Waals surface area contributed by atoms with Crippen molar-refractivity contribution in [3.8, 4) is 0 Å². The summed E-state index contributed by atoms with van der Waals surface area (Å²) in [5.41, 5.74) is 2.92. The van der Waals surface area contributed by atoms with Gasteiger partial charge in [0.05, 0.1) is 16.7 Å². The first kappa shape index (κ1) is 14.1. The number of anilines is 1. The lowest BCUT2D eigenvalue weighted by Gasteiger charge is -2.16. The van der Waals surface area contributed by atoms with Gasteiger partial charge in [0.15, 0.2) is 0 Å². The van der Waals surface area contributed by atoms with E-state index in [1.165, 1.54) is 6.07 Å². The van der Waals surface area contributed by atoms with Crippen molar-refractivity contribution in [1.82, 2.24) is 9.78 Å². The average Bonchev–Trinajstić information content (AvgIpc) is 2.84. The molecule has 0 radical (unpaired) electrons. The molecular formula is C14H17BrFN3. The first-order valence-electron chi connectivity index (χ1n) is 6.25. The summed E-state index contributed by atoms with van der Waals surface area (Å²) < 4.78 is 15.7. The Bertz CT molecular complexity index is 580. The molecule has 0 aliphatic heterocycles. The van der Waals surface area contributed by atoms with Crippen molar-refractivity contribution < 1.29 is 4.39 Å². The molecule has 1 heterocycles. The van der Waals surface area contributed by atoms with Crippen LogP contribution in [0.1, 0.15) is 31.0 Å². The second-order valence-corrected chi connectivity index (χ2v) is 5.43.